The van der Waals surface area contributed by atoms with Crippen LogP contribution in [0.4, 0.5) is 13.2 Å². The number of halogens is 3. The lowest BCUT2D eigenvalue weighted by Gasteiger charge is -2.41. The highest BCUT2D eigenvalue weighted by Crippen LogP contribution is 2.36. The van der Waals surface area contributed by atoms with Gasteiger partial charge in [-0.15, -0.1) is 0 Å². The Labute approximate surface area is 172 Å². The van der Waals surface area contributed by atoms with E-state index in [0.29, 0.717) is 0 Å². The maximum Gasteiger partial charge on any atom is 0.417 e. The number of hydrogen-bond acceptors (Lipinski definition) is 5. The molecule has 5 nitrogen and oxygen atoms in total. The Morgan fingerprint density at radius 2 is 1.50 bits per heavy atom. The first-order valence-corrected chi connectivity index (χ1v) is 9.53. The Kier molecular flexibility index (Phi) is 7.47. The molecule has 1 aliphatic heterocycles. The lowest BCUT2D eigenvalue weighted by Crippen LogP contribution is -2.57. The predicted molar refractivity (Wildman–Crippen MR) is 101 cm³/mol. The van der Waals surface area contributed by atoms with Gasteiger partial charge in [0.2, 0.25) is 6.29 Å². The summed E-state index contributed by atoms with van der Waals surface area (Å²) in [5.41, 5.74) is 1.53. The number of rotatable bonds is 7. The van der Waals surface area contributed by atoms with Crippen molar-refractivity contribution in [1.29, 1.82) is 0 Å². The van der Waals surface area contributed by atoms with Crippen molar-refractivity contribution in [3.8, 4) is 0 Å². The molecule has 2 aromatic carbocycles. The highest BCUT2D eigenvalue weighted by atomic mass is 19.4. The molecule has 1 aliphatic rings. The molecule has 2 aromatic rings. The molecule has 4 atom stereocenters. The van der Waals surface area contributed by atoms with Crippen LogP contribution in [-0.4, -0.2) is 36.7 Å². The number of hydrogen-bond donors (Lipinski definition) is 0. The van der Waals surface area contributed by atoms with E-state index in [0.717, 1.165) is 18.1 Å². The zero-order valence-corrected chi connectivity index (χ0v) is 16.4. The molecular weight excluding hydrogens is 401 g/mol. The number of carbonyl (C=O) groups excluding carboxylic acids is 1. The second-order valence-electron chi connectivity index (χ2n) is 6.97. The van der Waals surface area contributed by atoms with Gasteiger partial charge in [-0.25, -0.2) is 0 Å². The van der Waals surface area contributed by atoms with Crippen molar-refractivity contribution in [2.75, 3.05) is 0 Å². The SMILES string of the molecule is CC(=O)OC1C[C@H](OCc2ccccc2)[C@H](OCc2ccccc2)[C@H](C(F)(F)F)O1. The number of carbonyl (C=O) groups is 1. The van der Waals surface area contributed by atoms with Gasteiger partial charge in [0.25, 0.3) is 0 Å². The van der Waals surface area contributed by atoms with E-state index >= 15 is 0 Å². The summed E-state index contributed by atoms with van der Waals surface area (Å²) in [7, 11) is 0. The Balaban J connectivity index is 1.79. The highest BCUT2D eigenvalue weighted by molar-refractivity contribution is 5.66. The molecule has 1 unspecified atom stereocenters. The maximum absolute atomic E-state index is 13.8. The van der Waals surface area contributed by atoms with E-state index in [4.69, 9.17) is 18.9 Å². The summed E-state index contributed by atoms with van der Waals surface area (Å²) in [6.07, 6.45) is -10.9. The third-order valence-corrected chi connectivity index (χ3v) is 4.60. The average molecular weight is 424 g/mol. The molecule has 0 radical (unpaired) electrons. The fourth-order valence-electron chi connectivity index (χ4n) is 3.24. The van der Waals surface area contributed by atoms with Gasteiger partial charge in [-0.1, -0.05) is 60.7 Å². The molecule has 0 bridgehead atoms. The number of alkyl halides is 3. The van der Waals surface area contributed by atoms with E-state index in [2.05, 4.69) is 0 Å². The minimum absolute atomic E-state index is 0.0368. The zero-order chi connectivity index (χ0) is 21.6. The van der Waals surface area contributed by atoms with Crippen LogP contribution in [0, 0.1) is 0 Å². The molecule has 0 spiro atoms. The van der Waals surface area contributed by atoms with Crippen LogP contribution in [0.25, 0.3) is 0 Å². The highest BCUT2D eigenvalue weighted by Gasteiger charge is 2.54. The lowest BCUT2D eigenvalue weighted by molar-refractivity contribution is -0.333. The molecule has 1 heterocycles. The van der Waals surface area contributed by atoms with Gasteiger partial charge < -0.3 is 18.9 Å². The average Bonchev–Trinajstić information content (AvgIpc) is 2.71. The van der Waals surface area contributed by atoms with Crippen LogP contribution in [0.1, 0.15) is 24.5 Å². The fourth-order valence-corrected chi connectivity index (χ4v) is 3.24. The Hall–Kier alpha value is -2.42. The third-order valence-electron chi connectivity index (χ3n) is 4.60. The van der Waals surface area contributed by atoms with Crippen molar-refractivity contribution in [3.05, 3.63) is 71.8 Å². The summed E-state index contributed by atoms with van der Waals surface area (Å²) in [4.78, 5) is 11.3. The van der Waals surface area contributed by atoms with Crippen molar-refractivity contribution < 1.29 is 36.9 Å². The van der Waals surface area contributed by atoms with E-state index in [-0.39, 0.29) is 19.6 Å². The van der Waals surface area contributed by atoms with Crippen molar-refractivity contribution in [1.82, 2.24) is 0 Å². The summed E-state index contributed by atoms with van der Waals surface area (Å²) in [5, 5.41) is 0. The molecule has 8 heteroatoms. The van der Waals surface area contributed by atoms with E-state index in [9.17, 15) is 18.0 Å². The molecule has 0 amide bonds. The monoisotopic (exact) mass is 424 g/mol. The van der Waals surface area contributed by atoms with Gasteiger partial charge in [0.05, 0.1) is 19.3 Å². The number of benzene rings is 2. The van der Waals surface area contributed by atoms with E-state index < -0.39 is 36.7 Å². The Morgan fingerprint density at radius 1 is 0.967 bits per heavy atom. The Bertz CT molecular complexity index is 797. The maximum atomic E-state index is 13.8. The van der Waals surface area contributed by atoms with Crippen molar-refractivity contribution >= 4 is 5.97 Å². The minimum atomic E-state index is -4.73. The van der Waals surface area contributed by atoms with E-state index in [1.165, 1.54) is 0 Å². The quantitative estimate of drug-likeness (QED) is 0.617. The van der Waals surface area contributed by atoms with Crippen LogP contribution >= 0.6 is 0 Å². The number of esters is 1. The third kappa shape index (κ3) is 6.29. The normalized spacial score (nSPS) is 24.4. The first-order valence-electron chi connectivity index (χ1n) is 9.53. The minimum Gasteiger partial charge on any atom is -0.436 e. The molecule has 0 aromatic heterocycles. The van der Waals surface area contributed by atoms with Crippen molar-refractivity contribution in [2.45, 2.75) is 57.3 Å². The zero-order valence-electron chi connectivity index (χ0n) is 16.4. The summed E-state index contributed by atoms with van der Waals surface area (Å²) in [5.74, 6) is -0.730. The second kappa shape index (κ2) is 10.1. The van der Waals surface area contributed by atoms with Gasteiger partial charge in [0.1, 0.15) is 6.10 Å². The smallest absolute Gasteiger partial charge is 0.417 e. The van der Waals surface area contributed by atoms with Gasteiger partial charge in [-0.3, -0.25) is 4.79 Å². The summed E-state index contributed by atoms with van der Waals surface area (Å²) in [6.45, 7) is 1.17. The Morgan fingerprint density at radius 3 is 2.00 bits per heavy atom. The lowest BCUT2D eigenvalue weighted by atomic mass is 10.00. The van der Waals surface area contributed by atoms with E-state index in [1.54, 1.807) is 30.3 Å². The van der Waals surface area contributed by atoms with Crippen LogP contribution in [0.15, 0.2) is 60.7 Å². The molecule has 3 rings (SSSR count). The summed E-state index contributed by atoms with van der Waals surface area (Å²) < 4.78 is 62.7. The largest absolute Gasteiger partial charge is 0.436 e. The fraction of sp³-hybridized carbons (Fsp3) is 0.409. The van der Waals surface area contributed by atoms with Crippen LogP contribution in [0.2, 0.25) is 0 Å². The molecule has 0 aliphatic carbocycles. The van der Waals surface area contributed by atoms with Gasteiger partial charge in [0.15, 0.2) is 6.10 Å². The van der Waals surface area contributed by atoms with Crippen LogP contribution in [0.5, 0.6) is 0 Å². The first-order chi connectivity index (χ1) is 14.3. The predicted octanol–water partition coefficient (Wildman–Crippen LogP) is 4.40. The van der Waals surface area contributed by atoms with Crippen LogP contribution in [0.3, 0.4) is 0 Å². The molecule has 0 N–H and O–H groups in total. The summed E-state index contributed by atoms with van der Waals surface area (Å²) >= 11 is 0. The topological polar surface area (TPSA) is 54.0 Å². The molecule has 162 valence electrons. The van der Waals surface area contributed by atoms with Crippen molar-refractivity contribution in [3.63, 3.8) is 0 Å². The molecule has 1 fully saturated rings. The van der Waals surface area contributed by atoms with Gasteiger partial charge in [0, 0.05) is 13.3 Å². The van der Waals surface area contributed by atoms with Crippen LogP contribution in [-0.2, 0) is 37.0 Å². The molecule has 0 saturated carbocycles. The second-order valence-corrected chi connectivity index (χ2v) is 6.97. The van der Waals surface area contributed by atoms with Gasteiger partial charge in [-0.2, -0.15) is 13.2 Å². The van der Waals surface area contributed by atoms with Gasteiger partial charge in [-0.05, 0) is 11.1 Å². The standard InChI is InChI=1S/C22H23F3O5/c1-15(26)29-19-12-18(27-13-16-8-4-2-5-9-16)20(21(30-19)22(23,24)25)28-14-17-10-6-3-7-11-17/h2-11,18-21H,12-14H2,1H3/t18-,19?,20-,21+/m0/s1. The first kappa shape index (κ1) is 22.3. The van der Waals surface area contributed by atoms with Crippen LogP contribution < -0.4 is 0 Å². The van der Waals surface area contributed by atoms with E-state index in [1.807, 2.05) is 30.3 Å². The molecule has 1 saturated heterocycles. The number of ether oxygens (including phenoxy) is 4. The van der Waals surface area contributed by atoms with Crippen molar-refractivity contribution in [2.24, 2.45) is 0 Å². The van der Waals surface area contributed by atoms with Gasteiger partial charge >= 0.3 is 12.1 Å². The summed E-state index contributed by atoms with van der Waals surface area (Å²) in [6, 6.07) is 17.9. The molecule has 30 heavy (non-hydrogen) atoms. The molecular formula is C22H23F3O5.